The van der Waals surface area contributed by atoms with Gasteiger partial charge >= 0.3 is 0 Å². The van der Waals surface area contributed by atoms with E-state index < -0.39 is 16.1 Å². The van der Waals surface area contributed by atoms with Gasteiger partial charge in [0.2, 0.25) is 10.0 Å². The molecule has 37 heavy (non-hydrogen) atoms. The molecule has 0 spiro atoms. The zero-order valence-electron chi connectivity index (χ0n) is 21.3. The normalized spacial score (nSPS) is 12.8. The van der Waals surface area contributed by atoms with Gasteiger partial charge in [0, 0.05) is 11.6 Å². The predicted octanol–water partition coefficient (Wildman–Crippen LogP) is 5.85. The van der Waals surface area contributed by atoms with Gasteiger partial charge in [0.1, 0.15) is 11.6 Å². The van der Waals surface area contributed by atoms with Crippen LogP contribution >= 0.6 is 11.6 Å². The highest BCUT2D eigenvalue weighted by Crippen LogP contribution is 2.30. The Hall–Kier alpha value is -3.20. The number of methoxy groups -OCH3 is 1. The molecule has 1 heterocycles. The first-order valence-electron chi connectivity index (χ1n) is 12.1. The van der Waals surface area contributed by atoms with Gasteiger partial charge in [-0.25, -0.2) is 13.4 Å². The van der Waals surface area contributed by atoms with Crippen molar-refractivity contribution in [3.8, 4) is 11.4 Å². The van der Waals surface area contributed by atoms with Crippen molar-refractivity contribution in [3.05, 3.63) is 94.0 Å². The van der Waals surface area contributed by atoms with E-state index in [1.807, 2.05) is 13.8 Å². The lowest BCUT2D eigenvalue weighted by Crippen LogP contribution is -2.38. The van der Waals surface area contributed by atoms with Crippen molar-refractivity contribution >= 4 is 32.5 Å². The summed E-state index contributed by atoms with van der Waals surface area (Å²) in [7, 11) is -2.33. The molecule has 0 aliphatic heterocycles. The summed E-state index contributed by atoms with van der Waals surface area (Å²) in [6.45, 7) is 6.12. The zero-order chi connectivity index (χ0) is 26.7. The first kappa shape index (κ1) is 26.9. The van der Waals surface area contributed by atoms with E-state index in [1.165, 1.54) is 8.87 Å². The molecular weight excluding hydrogens is 510 g/mol. The van der Waals surface area contributed by atoms with Gasteiger partial charge in [-0.15, -0.1) is 0 Å². The summed E-state index contributed by atoms with van der Waals surface area (Å²) in [6, 6.07) is 19.5. The largest absolute Gasteiger partial charge is 0.497 e. The van der Waals surface area contributed by atoms with Crippen molar-refractivity contribution in [2.24, 2.45) is 5.92 Å². The third-order valence-electron chi connectivity index (χ3n) is 6.27. The number of fused-ring (bicyclic) bond motifs is 1. The number of rotatable bonds is 9. The van der Waals surface area contributed by atoms with Crippen molar-refractivity contribution in [1.29, 1.82) is 0 Å². The fraction of sp³-hybridized carbons (Fsp3) is 0.286. The van der Waals surface area contributed by atoms with Crippen LogP contribution in [0.15, 0.2) is 82.5 Å². The summed E-state index contributed by atoms with van der Waals surface area (Å²) in [4.78, 5) is 18.8. The van der Waals surface area contributed by atoms with Crippen LogP contribution in [0.3, 0.4) is 0 Å². The topological polar surface area (TPSA) is 81.5 Å². The van der Waals surface area contributed by atoms with Crippen molar-refractivity contribution < 1.29 is 13.2 Å². The van der Waals surface area contributed by atoms with Gasteiger partial charge in [-0.3, -0.25) is 9.36 Å². The van der Waals surface area contributed by atoms with Crippen molar-refractivity contribution in [3.63, 3.8) is 0 Å². The van der Waals surface area contributed by atoms with Crippen LogP contribution in [-0.2, 0) is 10.0 Å². The van der Waals surface area contributed by atoms with Crippen LogP contribution in [0.4, 0.5) is 0 Å². The van der Waals surface area contributed by atoms with E-state index in [0.717, 1.165) is 0 Å². The minimum Gasteiger partial charge on any atom is -0.497 e. The SMILES string of the molecule is COc1ccc(-n2c(C(C)N(CCC(C)C)S(=O)(=O)c3ccccc3)nc3cc(Cl)ccc3c2=O)cc1. The van der Waals surface area contributed by atoms with E-state index in [9.17, 15) is 13.2 Å². The molecule has 3 aromatic carbocycles. The van der Waals surface area contributed by atoms with E-state index in [-0.39, 0.29) is 22.9 Å². The Labute approximate surface area is 222 Å². The third kappa shape index (κ3) is 5.56. The Bertz CT molecular complexity index is 1550. The molecule has 7 nitrogen and oxygen atoms in total. The number of nitrogens with zero attached hydrogens (tertiary/aromatic N) is 3. The molecule has 0 amide bonds. The van der Waals surface area contributed by atoms with Crippen LogP contribution in [0.25, 0.3) is 16.6 Å². The lowest BCUT2D eigenvalue weighted by Gasteiger charge is -2.30. The molecular formula is C28H30ClN3O4S. The molecule has 0 aliphatic carbocycles. The molecule has 4 rings (SSSR count). The highest BCUT2D eigenvalue weighted by Gasteiger charge is 2.33. The molecule has 0 radical (unpaired) electrons. The number of halogens is 1. The Balaban J connectivity index is 1.96. The molecule has 0 saturated heterocycles. The summed E-state index contributed by atoms with van der Waals surface area (Å²) in [5, 5.41) is 0.824. The van der Waals surface area contributed by atoms with Gasteiger partial charge in [-0.2, -0.15) is 4.31 Å². The average molecular weight is 540 g/mol. The fourth-order valence-corrected chi connectivity index (χ4v) is 6.00. The van der Waals surface area contributed by atoms with Crippen LogP contribution in [-0.4, -0.2) is 35.9 Å². The quantitative estimate of drug-likeness (QED) is 0.267. The van der Waals surface area contributed by atoms with Crippen molar-refractivity contribution in [1.82, 2.24) is 13.9 Å². The number of hydrogen-bond donors (Lipinski definition) is 0. The maximum atomic E-state index is 13.9. The summed E-state index contributed by atoms with van der Waals surface area (Å²) in [5.41, 5.74) is 0.651. The monoisotopic (exact) mass is 539 g/mol. The lowest BCUT2D eigenvalue weighted by atomic mass is 10.1. The Morgan fingerprint density at radius 2 is 1.68 bits per heavy atom. The third-order valence-corrected chi connectivity index (χ3v) is 8.49. The van der Waals surface area contributed by atoms with Gasteiger partial charge in [-0.05, 0) is 73.9 Å². The van der Waals surface area contributed by atoms with Gasteiger partial charge in [0.25, 0.3) is 5.56 Å². The minimum absolute atomic E-state index is 0.188. The molecule has 0 aliphatic rings. The Morgan fingerprint density at radius 3 is 2.30 bits per heavy atom. The molecule has 194 valence electrons. The van der Waals surface area contributed by atoms with E-state index in [2.05, 4.69) is 0 Å². The molecule has 0 bridgehead atoms. The van der Waals surface area contributed by atoms with E-state index in [1.54, 1.807) is 86.8 Å². The predicted molar refractivity (Wildman–Crippen MR) is 147 cm³/mol. The minimum atomic E-state index is -3.90. The summed E-state index contributed by atoms with van der Waals surface area (Å²) in [6.07, 6.45) is 0.641. The summed E-state index contributed by atoms with van der Waals surface area (Å²) in [5.74, 6) is 1.21. The van der Waals surface area contributed by atoms with Crippen LogP contribution in [0.5, 0.6) is 5.75 Å². The maximum Gasteiger partial charge on any atom is 0.266 e. The second kappa shape index (κ2) is 11.0. The number of benzene rings is 3. The number of aromatic nitrogens is 2. The molecule has 4 aromatic rings. The van der Waals surface area contributed by atoms with Crippen molar-refractivity contribution in [2.75, 3.05) is 13.7 Å². The highest BCUT2D eigenvalue weighted by molar-refractivity contribution is 7.89. The molecule has 1 aromatic heterocycles. The molecule has 0 N–H and O–H groups in total. The summed E-state index contributed by atoms with van der Waals surface area (Å²) >= 11 is 6.22. The van der Waals surface area contributed by atoms with E-state index in [0.29, 0.717) is 39.6 Å². The highest BCUT2D eigenvalue weighted by atomic mass is 35.5. The van der Waals surface area contributed by atoms with Crippen LogP contribution in [0.2, 0.25) is 5.02 Å². The van der Waals surface area contributed by atoms with Crippen LogP contribution < -0.4 is 10.3 Å². The van der Waals surface area contributed by atoms with Gasteiger partial charge in [0.15, 0.2) is 0 Å². The molecule has 0 fully saturated rings. The smallest absolute Gasteiger partial charge is 0.266 e. The molecule has 9 heteroatoms. The van der Waals surface area contributed by atoms with Gasteiger partial charge in [-0.1, -0.05) is 43.6 Å². The second-order valence-corrected chi connectivity index (χ2v) is 11.6. The fourth-order valence-electron chi connectivity index (χ4n) is 4.20. The first-order chi connectivity index (χ1) is 17.6. The van der Waals surface area contributed by atoms with Crippen LogP contribution in [0.1, 0.15) is 39.1 Å². The second-order valence-electron chi connectivity index (χ2n) is 9.26. The standard InChI is InChI=1S/C28H30ClN3O4S/c1-19(2)16-17-31(37(34,35)24-8-6-5-7-9-24)20(3)27-30-26-18-21(29)10-15-25(26)28(33)32(27)22-11-13-23(36-4)14-12-22/h5-15,18-20H,16-17H2,1-4H3. The van der Waals surface area contributed by atoms with Gasteiger partial charge in [0.05, 0.1) is 34.6 Å². The number of sulfonamides is 1. The van der Waals surface area contributed by atoms with Crippen LogP contribution in [0, 0.1) is 5.92 Å². The maximum absolute atomic E-state index is 13.9. The van der Waals surface area contributed by atoms with E-state index >= 15 is 0 Å². The Kier molecular flexibility index (Phi) is 8.02. The summed E-state index contributed by atoms with van der Waals surface area (Å²) < 4.78 is 35.9. The average Bonchev–Trinajstić information content (AvgIpc) is 2.88. The lowest BCUT2D eigenvalue weighted by molar-refractivity contribution is 0.308. The van der Waals surface area contributed by atoms with Crippen molar-refractivity contribution in [2.45, 2.75) is 38.1 Å². The molecule has 0 saturated carbocycles. The Morgan fingerprint density at radius 1 is 1.00 bits per heavy atom. The van der Waals surface area contributed by atoms with E-state index in [4.69, 9.17) is 21.3 Å². The van der Waals surface area contributed by atoms with Gasteiger partial charge < -0.3 is 4.74 Å². The number of hydrogen-bond acceptors (Lipinski definition) is 5. The zero-order valence-corrected chi connectivity index (χ0v) is 22.8. The number of ether oxygens (including phenoxy) is 1. The first-order valence-corrected chi connectivity index (χ1v) is 13.9. The molecule has 1 unspecified atom stereocenters. The molecule has 1 atom stereocenters.